The minimum Gasteiger partial charge on any atom is -0.394 e. The van der Waals surface area contributed by atoms with Gasteiger partial charge in [0.15, 0.2) is 0 Å². The normalized spacial score (nSPS) is 26.6. The third kappa shape index (κ3) is 2.98. The van der Waals surface area contributed by atoms with Crippen LogP contribution in [0.2, 0.25) is 0 Å². The molecule has 1 saturated carbocycles. The highest BCUT2D eigenvalue weighted by Gasteiger charge is 2.53. The van der Waals surface area contributed by atoms with Gasteiger partial charge < -0.3 is 14.9 Å². The number of nitrogens with zero attached hydrogens (tertiary/aromatic N) is 2. The smallest absolute Gasteiger partial charge is 0.226 e. The highest BCUT2D eigenvalue weighted by atomic mass is 16.3. The lowest BCUT2D eigenvalue weighted by Crippen LogP contribution is -2.68. The van der Waals surface area contributed by atoms with Gasteiger partial charge in [0.1, 0.15) is 0 Å². The Kier molecular flexibility index (Phi) is 4.39. The van der Waals surface area contributed by atoms with Crippen LogP contribution >= 0.6 is 0 Å². The maximum absolute atomic E-state index is 12.6. The summed E-state index contributed by atoms with van der Waals surface area (Å²) in [7, 11) is 1.76. The molecule has 3 atom stereocenters. The van der Waals surface area contributed by atoms with Crippen molar-refractivity contribution in [1.29, 1.82) is 0 Å². The Morgan fingerprint density at radius 2 is 1.87 bits per heavy atom. The molecular weight excluding hydrogens is 292 g/mol. The molecular formula is C18H24N2O3. The first kappa shape index (κ1) is 16.0. The Balaban J connectivity index is 1.86. The van der Waals surface area contributed by atoms with E-state index in [-0.39, 0.29) is 42.3 Å². The molecule has 2 aliphatic rings. The van der Waals surface area contributed by atoms with Crippen LogP contribution in [0.25, 0.3) is 0 Å². The van der Waals surface area contributed by atoms with Gasteiger partial charge in [-0.3, -0.25) is 9.59 Å². The molecule has 3 rings (SSSR count). The van der Waals surface area contributed by atoms with Crippen LogP contribution in [0, 0.1) is 5.92 Å². The molecule has 23 heavy (non-hydrogen) atoms. The van der Waals surface area contributed by atoms with Crippen molar-refractivity contribution >= 4 is 11.8 Å². The SMILES string of the molecule is CC(=O)N(C)C[C@H]1[C@H](c2ccccc2)[C@@H](CO)N1C(=O)C1CC1. The molecule has 0 bridgehead atoms. The van der Waals surface area contributed by atoms with Crippen LogP contribution in [0.4, 0.5) is 0 Å². The van der Waals surface area contributed by atoms with Crippen LogP contribution in [-0.2, 0) is 9.59 Å². The first-order valence-corrected chi connectivity index (χ1v) is 8.24. The van der Waals surface area contributed by atoms with Crippen LogP contribution in [0.1, 0.15) is 31.2 Å². The van der Waals surface area contributed by atoms with Crippen molar-refractivity contribution in [1.82, 2.24) is 9.80 Å². The van der Waals surface area contributed by atoms with E-state index in [2.05, 4.69) is 0 Å². The Morgan fingerprint density at radius 1 is 1.22 bits per heavy atom. The molecule has 1 heterocycles. The number of likely N-dealkylation sites (N-methyl/N-ethyl adjacent to an activating group) is 1. The Bertz CT molecular complexity index is 585. The van der Waals surface area contributed by atoms with Gasteiger partial charge in [-0.1, -0.05) is 30.3 Å². The van der Waals surface area contributed by atoms with Crippen molar-refractivity contribution in [2.75, 3.05) is 20.2 Å². The number of carbonyl (C=O) groups is 2. The zero-order valence-electron chi connectivity index (χ0n) is 13.7. The molecule has 0 spiro atoms. The summed E-state index contributed by atoms with van der Waals surface area (Å²) in [5.74, 6) is 0.317. The summed E-state index contributed by atoms with van der Waals surface area (Å²) >= 11 is 0. The number of aliphatic hydroxyl groups excluding tert-OH is 1. The van der Waals surface area contributed by atoms with Crippen molar-refractivity contribution in [3.05, 3.63) is 35.9 Å². The molecule has 5 heteroatoms. The molecule has 2 fully saturated rings. The van der Waals surface area contributed by atoms with Crippen LogP contribution < -0.4 is 0 Å². The second-order valence-corrected chi connectivity index (χ2v) is 6.67. The number of rotatable bonds is 5. The minimum absolute atomic E-state index is 0.0110. The van der Waals surface area contributed by atoms with Gasteiger partial charge >= 0.3 is 0 Å². The van der Waals surface area contributed by atoms with E-state index in [1.807, 2.05) is 35.2 Å². The molecule has 1 aromatic rings. The Labute approximate surface area is 136 Å². The second-order valence-electron chi connectivity index (χ2n) is 6.67. The molecule has 0 unspecified atom stereocenters. The summed E-state index contributed by atoms with van der Waals surface area (Å²) in [5, 5.41) is 9.83. The highest BCUT2D eigenvalue weighted by Crippen LogP contribution is 2.44. The first-order chi connectivity index (χ1) is 11.0. The van der Waals surface area contributed by atoms with Gasteiger partial charge in [0.05, 0.1) is 18.7 Å². The summed E-state index contributed by atoms with van der Waals surface area (Å²) in [6, 6.07) is 9.73. The fraction of sp³-hybridized carbons (Fsp3) is 0.556. The summed E-state index contributed by atoms with van der Waals surface area (Å²) in [6.07, 6.45) is 1.89. The summed E-state index contributed by atoms with van der Waals surface area (Å²) < 4.78 is 0. The monoisotopic (exact) mass is 316 g/mol. The molecule has 0 aromatic heterocycles. The third-order valence-electron chi connectivity index (χ3n) is 5.09. The van der Waals surface area contributed by atoms with Crippen molar-refractivity contribution in [2.45, 2.75) is 37.8 Å². The van der Waals surface area contributed by atoms with E-state index in [1.165, 1.54) is 6.92 Å². The zero-order chi connectivity index (χ0) is 16.6. The lowest BCUT2D eigenvalue weighted by atomic mass is 9.74. The van der Waals surface area contributed by atoms with Gasteiger partial charge in [0.2, 0.25) is 11.8 Å². The molecule has 5 nitrogen and oxygen atoms in total. The number of hydrogen-bond donors (Lipinski definition) is 1. The van der Waals surface area contributed by atoms with Crippen molar-refractivity contribution in [3.63, 3.8) is 0 Å². The summed E-state index contributed by atoms with van der Waals surface area (Å²) in [5.41, 5.74) is 1.12. The lowest BCUT2D eigenvalue weighted by Gasteiger charge is -2.56. The largest absolute Gasteiger partial charge is 0.394 e. The van der Waals surface area contributed by atoms with Crippen molar-refractivity contribution in [2.24, 2.45) is 5.92 Å². The minimum atomic E-state index is -0.184. The molecule has 1 saturated heterocycles. The maximum Gasteiger partial charge on any atom is 0.226 e. The van der Waals surface area contributed by atoms with Gasteiger partial charge in [-0.15, -0.1) is 0 Å². The van der Waals surface area contributed by atoms with E-state index in [1.54, 1.807) is 11.9 Å². The fourth-order valence-electron chi connectivity index (χ4n) is 3.55. The number of likely N-dealkylation sites (tertiary alicyclic amines) is 1. The van der Waals surface area contributed by atoms with E-state index >= 15 is 0 Å². The molecule has 0 radical (unpaired) electrons. The van der Waals surface area contributed by atoms with Gasteiger partial charge in [-0.25, -0.2) is 0 Å². The van der Waals surface area contributed by atoms with Gasteiger partial charge in [-0.2, -0.15) is 0 Å². The molecule has 2 amide bonds. The maximum atomic E-state index is 12.6. The quantitative estimate of drug-likeness (QED) is 0.889. The number of benzene rings is 1. The number of amides is 2. The second kappa shape index (κ2) is 6.32. The standard InChI is InChI=1S/C18H24N2O3/c1-12(22)19(2)10-15-17(13-6-4-3-5-7-13)16(11-21)20(15)18(23)14-8-9-14/h3-7,14-17,21H,8-11H2,1-2H3/t15-,16+,17-/m0/s1. The predicted octanol–water partition coefficient (Wildman–Crippen LogP) is 1.23. The Hall–Kier alpha value is -1.88. The fourth-order valence-corrected chi connectivity index (χ4v) is 3.55. The van der Waals surface area contributed by atoms with E-state index in [4.69, 9.17) is 0 Å². The van der Waals surface area contributed by atoms with Gasteiger partial charge in [0, 0.05) is 32.4 Å². The topological polar surface area (TPSA) is 60.9 Å². The van der Waals surface area contributed by atoms with E-state index in [0.717, 1.165) is 18.4 Å². The highest BCUT2D eigenvalue weighted by molar-refractivity contribution is 5.83. The van der Waals surface area contributed by atoms with Crippen LogP contribution in [0.15, 0.2) is 30.3 Å². The number of carbonyl (C=O) groups excluding carboxylic acids is 2. The van der Waals surface area contributed by atoms with Crippen molar-refractivity contribution in [3.8, 4) is 0 Å². The first-order valence-electron chi connectivity index (χ1n) is 8.24. The summed E-state index contributed by atoms with van der Waals surface area (Å²) in [6.45, 7) is 1.99. The number of aliphatic hydroxyl groups is 1. The van der Waals surface area contributed by atoms with Gasteiger partial charge in [0.25, 0.3) is 0 Å². The molecule has 1 aliphatic carbocycles. The molecule has 1 aromatic carbocycles. The number of hydrogen-bond acceptors (Lipinski definition) is 3. The van der Waals surface area contributed by atoms with Crippen LogP contribution in [-0.4, -0.2) is 59.0 Å². The van der Waals surface area contributed by atoms with E-state index in [0.29, 0.717) is 6.54 Å². The van der Waals surface area contributed by atoms with Crippen molar-refractivity contribution < 1.29 is 14.7 Å². The van der Waals surface area contributed by atoms with E-state index < -0.39 is 0 Å². The third-order valence-corrected chi connectivity index (χ3v) is 5.09. The molecule has 1 N–H and O–H groups in total. The predicted molar refractivity (Wildman–Crippen MR) is 86.7 cm³/mol. The summed E-state index contributed by atoms with van der Waals surface area (Å²) in [4.78, 5) is 27.7. The Morgan fingerprint density at radius 3 is 2.39 bits per heavy atom. The average Bonchev–Trinajstić information content (AvgIpc) is 3.36. The lowest BCUT2D eigenvalue weighted by molar-refractivity contribution is -0.155. The molecule has 1 aliphatic heterocycles. The molecule has 124 valence electrons. The average molecular weight is 316 g/mol. The van der Waals surface area contributed by atoms with Crippen LogP contribution in [0.3, 0.4) is 0 Å². The van der Waals surface area contributed by atoms with Gasteiger partial charge in [-0.05, 0) is 18.4 Å². The zero-order valence-corrected chi connectivity index (χ0v) is 13.7. The van der Waals surface area contributed by atoms with Crippen LogP contribution in [0.5, 0.6) is 0 Å². The van der Waals surface area contributed by atoms with E-state index in [9.17, 15) is 14.7 Å².